The summed E-state index contributed by atoms with van der Waals surface area (Å²) in [6, 6.07) is 2.23. The van der Waals surface area contributed by atoms with E-state index in [9.17, 15) is 5.26 Å². The molecule has 1 heterocycles. The molecule has 1 aromatic rings. The van der Waals surface area contributed by atoms with Crippen molar-refractivity contribution in [3.8, 4) is 6.07 Å². The zero-order valence-electron chi connectivity index (χ0n) is 10.2. The Hall–Kier alpha value is -1.63. The maximum Gasteiger partial charge on any atom is 0.166 e. The van der Waals surface area contributed by atoms with E-state index in [1.807, 2.05) is 13.8 Å². The van der Waals surface area contributed by atoms with Gasteiger partial charge in [-0.25, -0.2) is 0 Å². The van der Waals surface area contributed by atoms with Gasteiger partial charge in [-0.3, -0.25) is 0 Å². The number of aryl methyl sites for hydroxylation is 1. The highest BCUT2D eigenvalue weighted by molar-refractivity contribution is 5.56. The summed E-state index contributed by atoms with van der Waals surface area (Å²) in [5.74, 6) is 0.624. The molecule has 0 bridgehead atoms. The zero-order valence-corrected chi connectivity index (χ0v) is 10.2. The fourth-order valence-electron chi connectivity index (χ4n) is 1.66. The van der Waals surface area contributed by atoms with Crippen LogP contribution in [0.15, 0.2) is 0 Å². The van der Waals surface area contributed by atoms with Gasteiger partial charge in [-0.2, -0.15) is 10.4 Å². The van der Waals surface area contributed by atoms with E-state index in [0.717, 1.165) is 37.1 Å². The van der Waals surface area contributed by atoms with Gasteiger partial charge in [0.15, 0.2) is 5.82 Å². The minimum Gasteiger partial charge on any atom is -0.367 e. The van der Waals surface area contributed by atoms with Crippen molar-refractivity contribution in [2.45, 2.75) is 40.0 Å². The van der Waals surface area contributed by atoms with Crippen molar-refractivity contribution in [2.24, 2.45) is 0 Å². The Morgan fingerprint density at radius 3 is 2.44 bits per heavy atom. The average molecular weight is 218 g/mol. The second-order valence-electron chi connectivity index (χ2n) is 3.59. The number of nitrogens with one attached hydrogen (secondary N) is 1. The van der Waals surface area contributed by atoms with Gasteiger partial charge in [0.05, 0.1) is 5.69 Å². The summed E-state index contributed by atoms with van der Waals surface area (Å²) in [4.78, 5) is 0. The van der Waals surface area contributed by atoms with Gasteiger partial charge >= 0.3 is 0 Å². The van der Waals surface area contributed by atoms with Crippen LogP contribution in [-0.2, 0) is 12.8 Å². The lowest BCUT2D eigenvalue weighted by molar-refractivity contribution is 0.862. The van der Waals surface area contributed by atoms with Crippen LogP contribution >= 0.6 is 0 Å². The highest BCUT2D eigenvalue weighted by Crippen LogP contribution is 2.19. The molecule has 0 aliphatic heterocycles. The van der Waals surface area contributed by atoms with Gasteiger partial charge in [0.1, 0.15) is 11.6 Å². The lowest BCUT2D eigenvalue weighted by Crippen LogP contribution is -2.10. The molecule has 0 spiro atoms. The number of aromatic nitrogens is 2. The number of anilines is 1. The summed E-state index contributed by atoms with van der Waals surface area (Å²) in [5.41, 5.74) is 2.61. The second kappa shape index (κ2) is 6.06. The molecule has 0 aliphatic rings. The number of hydrogen-bond donors (Lipinski definition) is 1. The quantitative estimate of drug-likeness (QED) is 0.823. The summed E-state index contributed by atoms with van der Waals surface area (Å²) in [6.07, 6.45) is 2.64. The Morgan fingerprint density at radius 1 is 1.19 bits per heavy atom. The van der Waals surface area contributed by atoms with Crippen LogP contribution in [0.4, 0.5) is 5.82 Å². The molecule has 16 heavy (non-hydrogen) atoms. The highest BCUT2D eigenvalue weighted by atomic mass is 15.2. The van der Waals surface area contributed by atoms with Gasteiger partial charge in [-0.05, 0) is 24.8 Å². The topological polar surface area (TPSA) is 61.6 Å². The molecule has 4 nitrogen and oxygen atoms in total. The van der Waals surface area contributed by atoms with Gasteiger partial charge in [-0.15, -0.1) is 5.10 Å². The van der Waals surface area contributed by atoms with Gasteiger partial charge < -0.3 is 5.32 Å². The minimum atomic E-state index is 0.624. The lowest BCUT2D eigenvalue weighted by Gasteiger charge is -2.11. The van der Waals surface area contributed by atoms with Crippen LogP contribution in [0.25, 0.3) is 0 Å². The predicted octanol–water partition coefficient (Wildman–Crippen LogP) is 2.29. The van der Waals surface area contributed by atoms with Gasteiger partial charge in [0, 0.05) is 6.54 Å². The Bertz CT molecular complexity index is 393. The van der Waals surface area contributed by atoms with E-state index in [1.165, 1.54) is 0 Å². The first-order valence-electron chi connectivity index (χ1n) is 5.80. The van der Waals surface area contributed by atoms with Gasteiger partial charge in [-0.1, -0.05) is 20.8 Å². The number of nitriles is 1. The Balaban J connectivity index is 3.16. The lowest BCUT2D eigenvalue weighted by atomic mass is 10.0. The normalized spacial score (nSPS) is 9.88. The largest absolute Gasteiger partial charge is 0.367 e. The van der Waals surface area contributed by atoms with Crippen LogP contribution < -0.4 is 5.32 Å². The smallest absolute Gasteiger partial charge is 0.166 e. The van der Waals surface area contributed by atoms with E-state index in [1.54, 1.807) is 0 Å². The van der Waals surface area contributed by atoms with E-state index in [4.69, 9.17) is 0 Å². The third-order valence-electron chi connectivity index (χ3n) is 2.50. The first-order valence-corrected chi connectivity index (χ1v) is 5.80. The van der Waals surface area contributed by atoms with Crippen molar-refractivity contribution in [1.82, 2.24) is 10.2 Å². The average Bonchev–Trinajstić information content (AvgIpc) is 2.34. The van der Waals surface area contributed by atoms with E-state index >= 15 is 0 Å². The van der Waals surface area contributed by atoms with E-state index in [0.29, 0.717) is 11.4 Å². The third-order valence-corrected chi connectivity index (χ3v) is 2.50. The summed E-state index contributed by atoms with van der Waals surface area (Å²) in [5, 5.41) is 20.6. The summed E-state index contributed by atoms with van der Waals surface area (Å²) < 4.78 is 0. The van der Waals surface area contributed by atoms with Crippen molar-refractivity contribution in [3.05, 3.63) is 16.8 Å². The molecule has 0 radical (unpaired) electrons. The molecular formula is C12H18N4. The molecule has 1 rings (SSSR count). The van der Waals surface area contributed by atoms with Crippen molar-refractivity contribution in [1.29, 1.82) is 5.26 Å². The zero-order chi connectivity index (χ0) is 12.0. The predicted molar refractivity (Wildman–Crippen MR) is 64.3 cm³/mol. The van der Waals surface area contributed by atoms with E-state index in [2.05, 4.69) is 28.5 Å². The third kappa shape index (κ3) is 2.48. The molecule has 0 atom stereocenters. The fourth-order valence-corrected chi connectivity index (χ4v) is 1.66. The molecule has 1 N–H and O–H groups in total. The number of nitrogens with zero attached hydrogens (tertiary/aromatic N) is 3. The minimum absolute atomic E-state index is 0.624. The van der Waals surface area contributed by atoms with Crippen molar-refractivity contribution < 1.29 is 0 Å². The second-order valence-corrected chi connectivity index (χ2v) is 3.59. The molecule has 0 amide bonds. The maximum absolute atomic E-state index is 9.19. The SMILES string of the molecule is CCCNc1nnc(CC)c(CC)c1C#N. The molecule has 0 saturated heterocycles. The molecule has 0 aliphatic carbocycles. The number of hydrogen-bond acceptors (Lipinski definition) is 4. The van der Waals surface area contributed by atoms with Gasteiger partial charge in [0.2, 0.25) is 0 Å². The molecule has 0 unspecified atom stereocenters. The Morgan fingerprint density at radius 2 is 1.94 bits per heavy atom. The first-order chi connectivity index (χ1) is 7.78. The molecule has 4 heteroatoms. The summed E-state index contributed by atoms with van der Waals surface area (Å²) >= 11 is 0. The molecular weight excluding hydrogens is 200 g/mol. The van der Waals surface area contributed by atoms with Crippen LogP contribution in [-0.4, -0.2) is 16.7 Å². The Labute approximate surface area is 96.7 Å². The summed E-state index contributed by atoms with van der Waals surface area (Å²) in [6.45, 7) is 6.97. The standard InChI is InChI=1S/C12H18N4/c1-4-7-14-12-10(8-13)9(5-2)11(6-3)15-16-12/h4-7H2,1-3H3,(H,14,16). The molecule has 0 saturated carbocycles. The number of rotatable bonds is 5. The van der Waals surface area contributed by atoms with Crippen LogP contribution in [0.5, 0.6) is 0 Å². The molecule has 0 aromatic carbocycles. The van der Waals surface area contributed by atoms with E-state index < -0.39 is 0 Å². The van der Waals surface area contributed by atoms with E-state index in [-0.39, 0.29) is 0 Å². The summed E-state index contributed by atoms with van der Waals surface area (Å²) in [7, 11) is 0. The molecule has 1 aromatic heterocycles. The van der Waals surface area contributed by atoms with Crippen molar-refractivity contribution in [2.75, 3.05) is 11.9 Å². The monoisotopic (exact) mass is 218 g/mol. The van der Waals surface area contributed by atoms with Crippen molar-refractivity contribution in [3.63, 3.8) is 0 Å². The first kappa shape index (κ1) is 12.4. The van der Waals surface area contributed by atoms with Gasteiger partial charge in [0.25, 0.3) is 0 Å². The van der Waals surface area contributed by atoms with Crippen LogP contribution in [0, 0.1) is 11.3 Å². The molecule has 86 valence electrons. The van der Waals surface area contributed by atoms with Crippen molar-refractivity contribution >= 4 is 5.82 Å². The molecule has 0 fully saturated rings. The Kier molecular flexibility index (Phi) is 4.71. The van der Waals surface area contributed by atoms with Crippen LogP contribution in [0.2, 0.25) is 0 Å². The fraction of sp³-hybridized carbons (Fsp3) is 0.583. The highest BCUT2D eigenvalue weighted by Gasteiger charge is 2.13. The maximum atomic E-state index is 9.19. The van der Waals surface area contributed by atoms with Crippen LogP contribution in [0.3, 0.4) is 0 Å². The van der Waals surface area contributed by atoms with Crippen LogP contribution in [0.1, 0.15) is 44.0 Å².